The monoisotopic (exact) mass is 183 g/mol. The molecular weight excluding hydrogens is 170 g/mol. The Labute approximate surface area is 76.6 Å². The van der Waals surface area contributed by atoms with E-state index < -0.39 is 0 Å². The van der Waals surface area contributed by atoms with Crippen molar-refractivity contribution in [3.8, 4) is 0 Å². The fraction of sp³-hybridized carbons (Fsp3) is 0.625. The fourth-order valence-electron chi connectivity index (χ4n) is 1.40. The Morgan fingerprint density at radius 3 is 3.08 bits per heavy atom. The highest BCUT2D eigenvalue weighted by Crippen LogP contribution is 2.33. The number of hydrogen-bond donors (Lipinski definition) is 1. The standard InChI is InChI=1S/C8H13N3S/c1-6-3-10-8(12-6)7-4-9-5-11(7)2/h4-6,8,10H,3H2,1-2H3. The molecule has 0 aliphatic carbocycles. The lowest BCUT2D eigenvalue weighted by Crippen LogP contribution is -2.15. The lowest BCUT2D eigenvalue weighted by molar-refractivity contribution is 0.676. The molecule has 1 fully saturated rings. The minimum Gasteiger partial charge on any atom is -0.336 e. The molecule has 0 saturated carbocycles. The molecule has 4 heteroatoms. The van der Waals surface area contributed by atoms with Gasteiger partial charge in [-0.15, -0.1) is 11.8 Å². The zero-order chi connectivity index (χ0) is 8.55. The van der Waals surface area contributed by atoms with E-state index in [1.54, 1.807) is 0 Å². The van der Waals surface area contributed by atoms with Crippen molar-refractivity contribution < 1.29 is 0 Å². The van der Waals surface area contributed by atoms with Crippen molar-refractivity contribution in [1.82, 2.24) is 14.9 Å². The zero-order valence-electron chi connectivity index (χ0n) is 7.32. The van der Waals surface area contributed by atoms with Crippen LogP contribution in [0.15, 0.2) is 12.5 Å². The minimum atomic E-state index is 0.438. The van der Waals surface area contributed by atoms with Crippen LogP contribution in [-0.2, 0) is 7.05 Å². The van der Waals surface area contributed by atoms with E-state index in [-0.39, 0.29) is 0 Å². The maximum absolute atomic E-state index is 4.10. The highest BCUT2D eigenvalue weighted by atomic mass is 32.2. The smallest absolute Gasteiger partial charge is 0.0961 e. The maximum atomic E-state index is 4.10. The molecule has 0 bridgehead atoms. The van der Waals surface area contributed by atoms with Gasteiger partial charge in [0.1, 0.15) is 0 Å². The molecule has 1 aliphatic rings. The largest absolute Gasteiger partial charge is 0.336 e. The number of nitrogens with one attached hydrogen (secondary N) is 1. The van der Waals surface area contributed by atoms with Crippen LogP contribution < -0.4 is 5.32 Å². The van der Waals surface area contributed by atoms with Crippen LogP contribution in [0.25, 0.3) is 0 Å². The third-order valence-corrected chi connectivity index (χ3v) is 3.39. The predicted molar refractivity (Wildman–Crippen MR) is 51.0 cm³/mol. The SMILES string of the molecule is CC1CNC(c2cncn2C)S1. The van der Waals surface area contributed by atoms with Gasteiger partial charge in [0, 0.05) is 18.8 Å². The van der Waals surface area contributed by atoms with Gasteiger partial charge < -0.3 is 4.57 Å². The molecule has 1 saturated heterocycles. The van der Waals surface area contributed by atoms with Crippen LogP contribution in [0.2, 0.25) is 0 Å². The van der Waals surface area contributed by atoms with Crippen LogP contribution in [0, 0.1) is 0 Å². The van der Waals surface area contributed by atoms with Crippen molar-refractivity contribution >= 4 is 11.8 Å². The van der Waals surface area contributed by atoms with E-state index in [2.05, 4.69) is 21.8 Å². The van der Waals surface area contributed by atoms with Gasteiger partial charge in [-0.25, -0.2) is 4.98 Å². The van der Waals surface area contributed by atoms with Gasteiger partial charge in [0.2, 0.25) is 0 Å². The molecule has 2 heterocycles. The summed E-state index contributed by atoms with van der Waals surface area (Å²) in [6.07, 6.45) is 3.78. The fourth-order valence-corrected chi connectivity index (χ4v) is 2.61. The summed E-state index contributed by atoms with van der Waals surface area (Å²) in [7, 11) is 2.04. The summed E-state index contributed by atoms with van der Waals surface area (Å²) in [6, 6.07) is 0. The van der Waals surface area contributed by atoms with Gasteiger partial charge in [-0.2, -0.15) is 0 Å². The van der Waals surface area contributed by atoms with Gasteiger partial charge in [0.15, 0.2) is 0 Å². The number of thioether (sulfide) groups is 1. The van der Waals surface area contributed by atoms with Crippen molar-refractivity contribution in [2.45, 2.75) is 17.5 Å². The quantitative estimate of drug-likeness (QED) is 0.708. The van der Waals surface area contributed by atoms with E-state index in [9.17, 15) is 0 Å². The van der Waals surface area contributed by atoms with Crippen molar-refractivity contribution in [2.24, 2.45) is 7.05 Å². The van der Waals surface area contributed by atoms with E-state index in [0.717, 1.165) is 6.54 Å². The third-order valence-electron chi connectivity index (χ3n) is 2.08. The molecule has 0 amide bonds. The molecule has 1 aromatic rings. The molecule has 1 aliphatic heterocycles. The second-order valence-electron chi connectivity index (χ2n) is 3.16. The van der Waals surface area contributed by atoms with Crippen LogP contribution in [0.4, 0.5) is 0 Å². The summed E-state index contributed by atoms with van der Waals surface area (Å²) < 4.78 is 2.07. The van der Waals surface area contributed by atoms with Crippen molar-refractivity contribution in [1.29, 1.82) is 0 Å². The maximum Gasteiger partial charge on any atom is 0.0961 e. The predicted octanol–water partition coefficient (Wildman–Crippen LogP) is 1.14. The van der Waals surface area contributed by atoms with Crippen LogP contribution >= 0.6 is 11.8 Å². The zero-order valence-corrected chi connectivity index (χ0v) is 8.14. The average molecular weight is 183 g/mol. The first kappa shape index (κ1) is 8.13. The normalized spacial score (nSPS) is 29.5. The second kappa shape index (κ2) is 3.11. The second-order valence-corrected chi connectivity index (χ2v) is 4.71. The molecule has 1 N–H and O–H groups in total. The molecular formula is C8H13N3S. The molecule has 2 rings (SSSR count). The molecule has 3 nitrogen and oxygen atoms in total. The van der Waals surface area contributed by atoms with Crippen LogP contribution in [0.1, 0.15) is 18.0 Å². The Bertz CT molecular complexity index is 271. The van der Waals surface area contributed by atoms with E-state index >= 15 is 0 Å². The van der Waals surface area contributed by atoms with E-state index in [4.69, 9.17) is 0 Å². The highest BCUT2D eigenvalue weighted by Gasteiger charge is 2.24. The number of rotatable bonds is 1. The Balaban J connectivity index is 2.16. The average Bonchev–Trinajstić information content (AvgIpc) is 2.58. The number of hydrogen-bond acceptors (Lipinski definition) is 3. The highest BCUT2D eigenvalue weighted by molar-refractivity contribution is 8.00. The number of imidazole rings is 1. The van der Waals surface area contributed by atoms with Gasteiger partial charge in [-0.1, -0.05) is 6.92 Å². The van der Waals surface area contributed by atoms with Crippen LogP contribution in [-0.4, -0.2) is 21.3 Å². The Kier molecular flexibility index (Phi) is 2.11. The van der Waals surface area contributed by atoms with E-state index in [0.29, 0.717) is 10.6 Å². The molecule has 66 valence electrons. The van der Waals surface area contributed by atoms with Crippen molar-refractivity contribution in [3.63, 3.8) is 0 Å². The Morgan fingerprint density at radius 1 is 1.75 bits per heavy atom. The topological polar surface area (TPSA) is 29.9 Å². The molecule has 1 aromatic heterocycles. The van der Waals surface area contributed by atoms with Gasteiger partial charge in [0.05, 0.1) is 23.6 Å². The molecule has 0 radical (unpaired) electrons. The summed E-state index contributed by atoms with van der Waals surface area (Å²) in [5.41, 5.74) is 1.27. The van der Waals surface area contributed by atoms with Gasteiger partial charge >= 0.3 is 0 Å². The summed E-state index contributed by atoms with van der Waals surface area (Å²) in [5.74, 6) is 0. The molecule has 0 spiro atoms. The summed E-state index contributed by atoms with van der Waals surface area (Å²) in [4.78, 5) is 4.10. The summed E-state index contributed by atoms with van der Waals surface area (Å²) in [5, 5.41) is 4.60. The van der Waals surface area contributed by atoms with Crippen molar-refractivity contribution in [3.05, 3.63) is 18.2 Å². The van der Waals surface area contributed by atoms with Gasteiger partial charge in [0.25, 0.3) is 0 Å². The summed E-state index contributed by atoms with van der Waals surface area (Å²) >= 11 is 1.97. The first-order chi connectivity index (χ1) is 5.77. The Morgan fingerprint density at radius 2 is 2.58 bits per heavy atom. The van der Waals surface area contributed by atoms with Gasteiger partial charge in [-0.3, -0.25) is 5.32 Å². The number of nitrogens with zero attached hydrogens (tertiary/aromatic N) is 2. The first-order valence-electron chi connectivity index (χ1n) is 4.12. The van der Waals surface area contributed by atoms with E-state index in [1.165, 1.54) is 5.69 Å². The molecule has 2 atom stereocenters. The number of aromatic nitrogens is 2. The van der Waals surface area contributed by atoms with Gasteiger partial charge in [-0.05, 0) is 0 Å². The number of aryl methyl sites for hydroxylation is 1. The lowest BCUT2D eigenvalue weighted by atomic mass is 10.4. The van der Waals surface area contributed by atoms with Crippen molar-refractivity contribution in [2.75, 3.05) is 6.54 Å². The third kappa shape index (κ3) is 1.36. The lowest BCUT2D eigenvalue weighted by Gasteiger charge is -2.09. The van der Waals surface area contributed by atoms with Crippen LogP contribution in [0.5, 0.6) is 0 Å². The van der Waals surface area contributed by atoms with Crippen LogP contribution in [0.3, 0.4) is 0 Å². The minimum absolute atomic E-state index is 0.438. The first-order valence-corrected chi connectivity index (χ1v) is 5.06. The molecule has 12 heavy (non-hydrogen) atoms. The summed E-state index contributed by atoms with van der Waals surface area (Å²) in [6.45, 7) is 3.34. The molecule has 0 aromatic carbocycles. The van der Waals surface area contributed by atoms with E-state index in [1.807, 2.05) is 31.3 Å². The molecule has 2 unspecified atom stereocenters. The Hall–Kier alpha value is -0.480.